The summed E-state index contributed by atoms with van der Waals surface area (Å²) in [6.45, 7) is 1.57. The first-order valence-electron chi connectivity index (χ1n) is 5.17. The van der Waals surface area contributed by atoms with Crippen LogP contribution in [0.2, 0.25) is 0 Å². The highest BCUT2D eigenvalue weighted by atomic mass is 16.5. The number of nitrogens with one attached hydrogen (secondary N) is 1. The summed E-state index contributed by atoms with van der Waals surface area (Å²) >= 11 is 0. The monoisotopic (exact) mass is 226 g/mol. The van der Waals surface area contributed by atoms with Crippen molar-refractivity contribution in [3.05, 3.63) is 6.33 Å². The molecule has 0 unspecified atom stereocenters. The van der Waals surface area contributed by atoms with E-state index in [0.717, 1.165) is 26.0 Å². The molecule has 0 aliphatic carbocycles. The lowest BCUT2D eigenvalue weighted by atomic mass is 10.3. The first-order valence-corrected chi connectivity index (χ1v) is 5.17. The van der Waals surface area contributed by atoms with E-state index in [2.05, 4.69) is 15.3 Å². The first-order chi connectivity index (χ1) is 7.79. The number of rotatable bonds is 7. The lowest BCUT2D eigenvalue weighted by Gasteiger charge is -2.09. The molecular formula is C10H18N4O2. The lowest BCUT2D eigenvalue weighted by molar-refractivity contribution is 0.194. The third-order valence-corrected chi connectivity index (χ3v) is 2.11. The number of ether oxygens (including phenoxy) is 2. The predicted molar refractivity (Wildman–Crippen MR) is 62.6 cm³/mol. The molecule has 0 radical (unpaired) electrons. The van der Waals surface area contributed by atoms with Crippen molar-refractivity contribution in [1.29, 1.82) is 0 Å². The normalized spacial score (nSPS) is 10.1. The summed E-state index contributed by atoms with van der Waals surface area (Å²) < 4.78 is 9.95. The molecule has 0 amide bonds. The molecule has 3 N–H and O–H groups in total. The Balaban J connectivity index is 2.41. The minimum Gasteiger partial charge on any atom is -0.479 e. The van der Waals surface area contributed by atoms with Crippen molar-refractivity contribution in [1.82, 2.24) is 9.97 Å². The molecule has 0 atom stereocenters. The van der Waals surface area contributed by atoms with Crippen molar-refractivity contribution in [2.45, 2.75) is 12.8 Å². The molecule has 0 saturated carbocycles. The number of unbranched alkanes of at least 4 members (excludes halogenated alkanes) is 1. The number of nitrogen functional groups attached to an aromatic ring is 1. The third-order valence-electron chi connectivity index (χ3n) is 2.11. The predicted octanol–water partition coefficient (Wildman–Crippen LogP) is 0.906. The molecule has 0 fully saturated rings. The molecule has 0 saturated heterocycles. The molecule has 1 aromatic rings. The highest BCUT2D eigenvalue weighted by Gasteiger charge is 2.06. The average Bonchev–Trinajstić information content (AvgIpc) is 2.31. The second kappa shape index (κ2) is 6.84. The number of aromatic nitrogens is 2. The molecule has 0 aliphatic heterocycles. The van der Waals surface area contributed by atoms with E-state index in [1.54, 1.807) is 7.11 Å². The molecule has 1 aromatic heterocycles. The second-order valence-electron chi connectivity index (χ2n) is 3.27. The maximum absolute atomic E-state index is 5.80. The van der Waals surface area contributed by atoms with Gasteiger partial charge in [0.05, 0.1) is 7.11 Å². The number of hydrogen-bond donors (Lipinski definition) is 2. The third kappa shape index (κ3) is 3.54. The Hall–Kier alpha value is -1.56. The summed E-state index contributed by atoms with van der Waals surface area (Å²) in [6, 6.07) is 0. The maximum Gasteiger partial charge on any atom is 0.242 e. The topological polar surface area (TPSA) is 82.3 Å². The molecule has 6 heteroatoms. The zero-order valence-electron chi connectivity index (χ0n) is 9.69. The summed E-state index contributed by atoms with van der Waals surface area (Å²) in [5.74, 6) is 1.01. The molecule has 0 aliphatic rings. The number of hydrogen-bond acceptors (Lipinski definition) is 6. The second-order valence-corrected chi connectivity index (χ2v) is 3.27. The van der Waals surface area contributed by atoms with Gasteiger partial charge in [-0.1, -0.05) is 0 Å². The van der Waals surface area contributed by atoms with Crippen LogP contribution in [0.1, 0.15) is 12.8 Å². The van der Waals surface area contributed by atoms with Crippen LogP contribution in [0.3, 0.4) is 0 Å². The van der Waals surface area contributed by atoms with Gasteiger partial charge in [0.1, 0.15) is 12.0 Å². The van der Waals surface area contributed by atoms with Crippen LogP contribution in [0.4, 0.5) is 11.5 Å². The van der Waals surface area contributed by atoms with E-state index in [0.29, 0.717) is 17.4 Å². The van der Waals surface area contributed by atoms with Crippen LogP contribution in [-0.4, -0.2) is 37.3 Å². The highest BCUT2D eigenvalue weighted by molar-refractivity contribution is 5.66. The van der Waals surface area contributed by atoms with Gasteiger partial charge in [-0.3, -0.25) is 0 Å². The Morgan fingerprint density at radius 3 is 2.81 bits per heavy atom. The number of nitrogens with two attached hydrogens (primary N) is 1. The number of nitrogens with zero attached hydrogens (tertiary/aromatic N) is 2. The molecule has 1 heterocycles. The highest BCUT2D eigenvalue weighted by Crippen LogP contribution is 2.23. The molecule has 1 rings (SSSR count). The lowest BCUT2D eigenvalue weighted by Crippen LogP contribution is -2.08. The van der Waals surface area contributed by atoms with E-state index in [-0.39, 0.29) is 0 Å². The number of methoxy groups -OCH3 is 2. The minimum absolute atomic E-state index is 0.398. The molecule has 0 spiro atoms. The van der Waals surface area contributed by atoms with Crippen LogP contribution in [0.5, 0.6) is 5.88 Å². The minimum atomic E-state index is 0.398. The molecular weight excluding hydrogens is 208 g/mol. The van der Waals surface area contributed by atoms with Gasteiger partial charge in [0.25, 0.3) is 0 Å². The summed E-state index contributed by atoms with van der Waals surface area (Å²) in [7, 11) is 3.22. The van der Waals surface area contributed by atoms with Crippen LogP contribution in [0, 0.1) is 0 Å². The van der Waals surface area contributed by atoms with Gasteiger partial charge in [-0.05, 0) is 12.8 Å². The molecule has 90 valence electrons. The number of anilines is 2. The molecule has 0 aromatic carbocycles. The standard InChI is InChI=1S/C10H18N4O2/c1-15-6-4-3-5-12-9-8(11)10(16-2)14-7-13-9/h7H,3-6,11H2,1-2H3,(H,12,13,14). The van der Waals surface area contributed by atoms with Crippen LogP contribution in [-0.2, 0) is 4.74 Å². The summed E-state index contributed by atoms with van der Waals surface area (Å²) in [6.07, 6.45) is 3.43. The fourth-order valence-electron chi connectivity index (χ4n) is 1.26. The fourth-order valence-corrected chi connectivity index (χ4v) is 1.26. The van der Waals surface area contributed by atoms with Crippen molar-refractivity contribution in [3.63, 3.8) is 0 Å². The first kappa shape index (κ1) is 12.5. The van der Waals surface area contributed by atoms with Gasteiger partial charge >= 0.3 is 0 Å². The summed E-state index contributed by atoms with van der Waals surface area (Å²) in [5, 5.41) is 3.13. The van der Waals surface area contributed by atoms with E-state index < -0.39 is 0 Å². The van der Waals surface area contributed by atoms with Crippen molar-refractivity contribution in [2.24, 2.45) is 0 Å². The molecule has 16 heavy (non-hydrogen) atoms. The average molecular weight is 226 g/mol. The van der Waals surface area contributed by atoms with Gasteiger partial charge in [0.2, 0.25) is 5.88 Å². The Labute approximate surface area is 95.2 Å². The zero-order valence-corrected chi connectivity index (χ0v) is 9.69. The van der Waals surface area contributed by atoms with E-state index in [9.17, 15) is 0 Å². The van der Waals surface area contributed by atoms with Crippen LogP contribution in [0.15, 0.2) is 6.33 Å². The van der Waals surface area contributed by atoms with Crippen LogP contribution < -0.4 is 15.8 Å². The summed E-state index contributed by atoms with van der Waals surface area (Å²) in [4.78, 5) is 7.94. The smallest absolute Gasteiger partial charge is 0.242 e. The van der Waals surface area contributed by atoms with Gasteiger partial charge in [-0.15, -0.1) is 0 Å². The SMILES string of the molecule is COCCCCNc1ncnc(OC)c1N. The van der Waals surface area contributed by atoms with E-state index in [4.69, 9.17) is 15.2 Å². The van der Waals surface area contributed by atoms with Crippen LogP contribution >= 0.6 is 0 Å². The zero-order chi connectivity index (χ0) is 11.8. The molecule has 6 nitrogen and oxygen atoms in total. The van der Waals surface area contributed by atoms with E-state index in [1.165, 1.54) is 13.4 Å². The Morgan fingerprint density at radius 1 is 1.31 bits per heavy atom. The van der Waals surface area contributed by atoms with Gasteiger partial charge in [-0.25, -0.2) is 4.98 Å². The summed E-state index contributed by atoms with van der Waals surface area (Å²) in [5.41, 5.74) is 6.24. The van der Waals surface area contributed by atoms with Crippen molar-refractivity contribution in [3.8, 4) is 5.88 Å². The Morgan fingerprint density at radius 2 is 2.12 bits per heavy atom. The largest absolute Gasteiger partial charge is 0.479 e. The van der Waals surface area contributed by atoms with Crippen LogP contribution in [0.25, 0.3) is 0 Å². The quantitative estimate of drug-likeness (QED) is 0.672. The Kier molecular flexibility index (Phi) is 5.35. The van der Waals surface area contributed by atoms with E-state index in [1.807, 2.05) is 0 Å². The maximum atomic E-state index is 5.80. The molecule has 0 bridgehead atoms. The Bertz CT molecular complexity index is 320. The van der Waals surface area contributed by atoms with Gasteiger partial charge in [-0.2, -0.15) is 4.98 Å². The fraction of sp³-hybridized carbons (Fsp3) is 0.600. The van der Waals surface area contributed by atoms with E-state index >= 15 is 0 Å². The van der Waals surface area contributed by atoms with Crippen molar-refractivity contribution >= 4 is 11.5 Å². The van der Waals surface area contributed by atoms with Crippen molar-refractivity contribution in [2.75, 3.05) is 38.4 Å². The van der Waals surface area contributed by atoms with Gasteiger partial charge < -0.3 is 20.5 Å². The van der Waals surface area contributed by atoms with Gasteiger partial charge in [0, 0.05) is 20.3 Å². The van der Waals surface area contributed by atoms with Gasteiger partial charge in [0.15, 0.2) is 5.82 Å². The van der Waals surface area contributed by atoms with Crippen molar-refractivity contribution < 1.29 is 9.47 Å².